The summed E-state index contributed by atoms with van der Waals surface area (Å²) in [6.45, 7) is 3.22. The molecule has 0 fully saturated rings. The Morgan fingerprint density at radius 1 is 1.10 bits per heavy atom. The first kappa shape index (κ1) is 21.6. The van der Waals surface area contributed by atoms with E-state index in [-0.39, 0.29) is 34.6 Å². The van der Waals surface area contributed by atoms with Gasteiger partial charge < -0.3 is 4.74 Å². The molecule has 0 bridgehead atoms. The van der Waals surface area contributed by atoms with E-state index in [9.17, 15) is 9.59 Å². The highest BCUT2D eigenvalue weighted by Gasteiger charge is 2.26. The molecule has 0 aliphatic rings. The molecule has 0 aliphatic heterocycles. The first-order valence-electron chi connectivity index (χ1n) is 8.65. The Morgan fingerprint density at radius 3 is 2.41 bits per heavy atom. The monoisotopic (exact) mass is 494 g/mol. The quantitative estimate of drug-likeness (QED) is 0.417. The molecule has 5 nitrogen and oxygen atoms in total. The molecule has 1 aromatic heterocycles. The standard InChI is InChI=1S/C21H17BrCl2N2O3/c1-11-16(23)9-8-15(19(11)24)20(28)18-12(2)25-26(3)21(18)29-10-17(27)13-4-6-14(22)7-5-13/h4-9H,10H2,1-3H3. The Bertz CT molecular complexity index is 1110. The zero-order valence-electron chi connectivity index (χ0n) is 15.9. The number of ether oxygens (including phenoxy) is 1. The fourth-order valence-electron chi connectivity index (χ4n) is 2.89. The van der Waals surface area contributed by atoms with Crippen LogP contribution in [0.3, 0.4) is 0 Å². The third-order valence-corrected chi connectivity index (χ3v) is 5.89. The van der Waals surface area contributed by atoms with Gasteiger partial charge in [0, 0.05) is 27.7 Å². The Labute approximate surface area is 186 Å². The maximum absolute atomic E-state index is 13.2. The lowest BCUT2D eigenvalue weighted by molar-refractivity contribution is 0.0908. The normalized spacial score (nSPS) is 10.8. The highest BCUT2D eigenvalue weighted by molar-refractivity contribution is 9.10. The average Bonchev–Trinajstić information content (AvgIpc) is 2.97. The number of Topliss-reactive ketones (excluding diaryl/α,β-unsaturated/α-hetero) is 1. The van der Waals surface area contributed by atoms with Crippen LogP contribution in [-0.2, 0) is 7.05 Å². The molecule has 0 radical (unpaired) electrons. The molecule has 0 amide bonds. The summed E-state index contributed by atoms with van der Waals surface area (Å²) in [7, 11) is 1.65. The number of ketones is 2. The number of nitrogens with zero attached hydrogens (tertiary/aromatic N) is 2. The molecule has 150 valence electrons. The number of hydrogen-bond acceptors (Lipinski definition) is 4. The summed E-state index contributed by atoms with van der Waals surface area (Å²) < 4.78 is 8.03. The molecule has 0 unspecified atom stereocenters. The lowest BCUT2D eigenvalue weighted by Gasteiger charge is -2.11. The minimum absolute atomic E-state index is 0.210. The van der Waals surface area contributed by atoms with Crippen LogP contribution in [0.2, 0.25) is 10.0 Å². The van der Waals surface area contributed by atoms with Gasteiger partial charge in [-0.15, -0.1) is 0 Å². The van der Waals surface area contributed by atoms with Crippen molar-refractivity contribution in [2.24, 2.45) is 7.05 Å². The molecule has 8 heteroatoms. The van der Waals surface area contributed by atoms with E-state index >= 15 is 0 Å². The van der Waals surface area contributed by atoms with Crippen molar-refractivity contribution in [3.63, 3.8) is 0 Å². The Balaban J connectivity index is 1.90. The van der Waals surface area contributed by atoms with Crippen molar-refractivity contribution in [1.29, 1.82) is 0 Å². The summed E-state index contributed by atoms with van der Waals surface area (Å²) in [5.74, 6) is -0.344. The van der Waals surface area contributed by atoms with E-state index in [0.717, 1.165) is 4.47 Å². The smallest absolute Gasteiger partial charge is 0.223 e. The first-order chi connectivity index (χ1) is 13.7. The molecule has 1 heterocycles. The van der Waals surface area contributed by atoms with Crippen LogP contribution < -0.4 is 4.74 Å². The fourth-order valence-corrected chi connectivity index (χ4v) is 3.61. The third-order valence-electron chi connectivity index (χ3n) is 4.47. The van der Waals surface area contributed by atoms with Crippen LogP contribution in [0.1, 0.15) is 37.5 Å². The van der Waals surface area contributed by atoms with Crippen molar-refractivity contribution >= 4 is 50.7 Å². The third kappa shape index (κ3) is 4.39. The van der Waals surface area contributed by atoms with Gasteiger partial charge in [-0.3, -0.25) is 9.59 Å². The SMILES string of the molecule is Cc1nn(C)c(OCC(=O)c2ccc(Br)cc2)c1C(=O)c1ccc(Cl)c(C)c1Cl. The van der Waals surface area contributed by atoms with Gasteiger partial charge in [-0.1, -0.05) is 51.3 Å². The highest BCUT2D eigenvalue weighted by Crippen LogP contribution is 2.32. The van der Waals surface area contributed by atoms with E-state index in [4.69, 9.17) is 27.9 Å². The van der Waals surface area contributed by atoms with Gasteiger partial charge in [-0.2, -0.15) is 5.10 Å². The maximum atomic E-state index is 13.2. The van der Waals surface area contributed by atoms with Gasteiger partial charge in [0.2, 0.25) is 11.7 Å². The van der Waals surface area contributed by atoms with Crippen molar-refractivity contribution in [1.82, 2.24) is 9.78 Å². The van der Waals surface area contributed by atoms with Crippen LogP contribution in [0.15, 0.2) is 40.9 Å². The second-order valence-electron chi connectivity index (χ2n) is 6.47. The number of aryl methyl sites for hydroxylation is 2. The predicted octanol–water partition coefficient (Wildman–Crippen LogP) is 5.60. The number of hydrogen-bond donors (Lipinski definition) is 0. The summed E-state index contributed by atoms with van der Waals surface area (Å²) in [4.78, 5) is 25.6. The number of carbonyl (C=O) groups excluding carboxylic acids is 2. The summed E-state index contributed by atoms with van der Waals surface area (Å²) >= 11 is 15.8. The van der Waals surface area contributed by atoms with Crippen molar-refractivity contribution < 1.29 is 14.3 Å². The number of carbonyl (C=O) groups is 2. The summed E-state index contributed by atoms with van der Waals surface area (Å²) in [6, 6.07) is 10.2. The van der Waals surface area contributed by atoms with Gasteiger partial charge >= 0.3 is 0 Å². The van der Waals surface area contributed by atoms with Gasteiger partial charge in [-0.05, 0) is 43.7 Å². The summed E-state index contributed by atoms with van der Waals surface area (Å²) in [5, 5.41) is 5.03. The molecule has 3 aromatic rings. The van der Waals surface area contributed by atoms with Crippen LogP contribution in [0.25, 0.3) is 0 Å². The molecular weight excluding hydrogens is 479 g/mol. The van der Waals surface area contributed by atoms with E-state index in [1.165, 1.54) is 4.68 Å². The predicted molar refractivity (Wildman–Crippen MR) is 117 cm³/mol. The van der Waals surface area contributed by atoms with Gasteiger partial charge in [0.15, 0.2) is 12.4 Å². The Hall–Kier alpha value is -2.15. The largest absolute Gasteiger partial charge is 0.469 e. The van der Waals surface area contributed by atoms with E-state index < -0.39 is 0 Å². The lowest BCUT2D eigenvalue weighted by atomic mass is 10.0. The molecule has 0 saturated heterocycles. The molecule has 0 spiro atoms. The molecule has 29 heavy (non-hydrogen) atoms. The molecule has 0 saturated carbocycles. The van der Waals surface area contributed by atoms with Gasteiger partial charge in [-0.25, -0.2) is 4.68 Å². The maximum Gasteiger partial charge on any atom is 0.223 e. The minimum Gasteiger partial charge on any atom is -0.469 e. The van der Waals surface area contributed by atoms with Crippen LogP contribution in [-0.4, -0.2) is 28.0 Å². The number of benzene rings is 2. The second kappa shape index (κ2) is 8.69. The van der Waals surface area contributed by atoms with Gasteiger partial charge in [0.1, 0.15) is 5.56 Å². The second-order valence-corrected chi connectivity index (χ2v) is 8.17. The molecule has 2 aromatic carbocycles. The van der Waals surface area contributed by atoms with Crippen LogP contribution in [0, 0.1) is 13.8 Å². The van der Waals surface area contributed by atoms with Crippen molar-refractivity contribution in [2.75, 3.05) is 6.61 Å². The summed E-state index contributed by atoms with van der Waals surface area (Å²) in [6.07, 6.45) is 0. The molecular formula is C21H17BrCl2N2O3. The molecule has 0 aliphatic carbocycles. The Kier molecular flexibility index (Phi) is 6.46. The van der Waals surface area contributed by atoms with Gasteiger partial charge in [0.25, 0.3) is 0 Å². The average molecular weight is 496 g/mol. The molecule has 3 rings (SSSR count). The van der Waals surface area contributed by atoms with Crippen molar-refractivity contribution in [2.45, 2.75) is 13.8 Å². The van der Waals surface area contributed by atoms with E-state index in [0.29, 0.717) is 27.4 Å². The van der Waals surface area contributed by atoms with Crippen LogP contribution >= 0.6 is 39.1 Å². The zero-order valence-corrected chi connectivity index (χ0v) is 19.0. The van der Waals surface area contributed by atoms with Crippen molar-refractivity contribution in [3.8, 4) is 5.88 Å². The first-order valence-corrected chi connectivity index (χ1v) is 10.2. The zero-order chi connectivity index (χ0) is 21.3. The highest BCUT2D eigenvalue weighted by atomic mass is 79.9. The minimum atomic E-state index is -0.341. The van der Waals surface area contributed by atoms with Crippen LogP contribution in [0.5, 0.6) is 5.88 Å². The topological polar surface area (TPSA) is 61.2 Å². The van der Waals surface area contributed by atoms with Gasteiger partial charge in [0.05, 0.1) is 10.7 Å². The lowest BCUT2D eigenvalue weighted by Crippen LogP contribution is -2.15. The van der Waals surface area contributed by atoms with E-state index in [2.05, 4.69) is 21.0 Å². The fraction of sp³-hybridized carbons (Fsp3) is 0.190. The number of halogens is 3. The molecule has 0 N–H and O–H groups in total. The van der Waals surface area contributed by atoms with E-state index in [1.807, 2.05) is 0 Å². The Morgan fingerprint density at radius 2 is 1.76 bits per heavy atom. The number of rotatable bonds is 6. The van der Waals surface area contributed by atoms with E-state index in [1.54, 1.807) is 57.3 Å². The summed E-state index contributed by atoms with van der Waals surface area (Å²) in [5.41, 5.74) is 2.17. The van der Waals surface area contributed by atoms with Crippen molar-refractivity contribution in [3.05, 3.63) is 78.9 Å². The van der Waals surface area contributed by atoms with Crippen LogP contribution in [0.4, 0.5) is 0 Å². The molecule has 0 atom stereocenters. The number of aromatic nitrogens is 2.